The van der Waals surface area contributed by atoms with Gasteiger partial charge < -0.3 is 0 Å². The fraction of sp³-hybridized carbons (Fsp3) is 1.00. The van der Waals surface area contributed by atoms with Gasteiger partial charge in [-0.15, -0.1) is 0 Å². The topological polar surface area (TPSA) is 0 Å². The second-order valence-electron chi connectivity index (χ2n) is 2.12. The zero-order chi connectivity index (χ0) is 3.58. The molecule has 0 amide bonds. The van der Waals surface area contributed by atoms with E-state index in [0.717, 1.165) is 0 Å². The zero-order valence-corrected chi connectivity index (χ0v) is 7.83. The molecule has 0 saturated carbocycles. The Morgan fingerprint density at radius 3 is 1.00 bits per heavy atom. The van der Waals surface area contributed by atoms with Gasteiger partial charge in [-0.1, -0.05) is 0 Å². The van der Waals surface area contributed by atoms with Crippen LogP contribution >= 0.6 is 0 Å². The average Bonchev–Trinajstić information content (AvgIpc) is 0.811. The van der Waals surface area contributed by atoms with E-state index in [0.29, 0.717) is 0 Å². The number of rotatable bonds is 0. The van der Waals surface area contributed by atoms with E-state index in [-0.39, 0.29) is 58.1 Å². The third-order valence-electron chi connectivity index (χ3n) is 0. The molecule has 5 heavy (non-hydrogen) atoms. The minimum atomic E-state index is 0. The molecule has 0 aromatic heterocycles. The van der Waals surface area contributed by atoms with E-state index in [1.54, 1.807) is 0 Å². The molecule has 0 spiro atoms. The molecule has 0 aromatic carbocycles. The van der Waals surface area contributed by atoms with Crippen molar-refractivity contribution < 1.29 is 51.4 Å². The van der Waals surface area contributed by atoms with Gasteiger partial charge in [0.1, 0.15) is 0 Å². The minimum absolute atomic E-state index is 0. The summed E-state index contributed by atoms with van der Waals surface area (Å²) in [6.07, 6.45) is 0. The molecular weight excluding hydrogens is 85.9 g/mol. The quantitative estimate of drug-likeness (QED) is 0.309. The third kappa shape index (κ3) is 27.0. The van der Waals surface area contributed by atoms with Crippen LogP contribution in [0.5, 0.6) is 0 Å². The number of hydrogen-bond donors (Lipinski definition) is 0. The van der Waals surface area contributed by atoms with Gasteiger partial charge >= 0.3 is 51.4 Å². The molecule has 0 unspecified atom stereocenters. The SMILES string of the molecule is C[BH-](C)C.[K+]. The van der Waals surface area contributed by atoms with Crippen molar-refractivity contribution >= 4 is 6.71 Å². The van der Waals surface area contributed by atoms with Crippen LogP contribution in [0.3, 0.4) is 0 Å². The summed E-state index contributed by atoms with van der Waals surface area (Å²) in [5.74, 6) is 0. The summed E-state index contributed by atoms with van der Waals surface area (Å²) in [5, 5.41) is 0. The van der Waals surface area contributed by atoms with Crippen LogP contribution in [0.1, 0.15) is 0 Å². The molecule has 0 aromatic rings. The van der Waals surface area contributed by atoms with Crippen LogP contribution in [-0.4, -0.2) is 6.71 Å². The third-order valence-corrected chi connectivity index (χ3v) is 0. The molecule has 0 atom stereocenters. The molecule has 0 nitrogen and oxygen atoms in total. The van der Waals surface area contributed by atoms with Crippen molar-refractivity contribution in [1.29, 1.82) is 0 Å². The first-order valence-corrected chi connectivity index (χ1v) is 2.12. The first-order chi connectivity index (χ1) is 1.73. The molecular formula is C3H10BK. The van der Waals surface area contributed by atoms with Crippen LogP contribution in [-0.2, 0) is 0 Å². The summed E-state index contributed by atoms with van der Waals surface area (Å²) >= 11 is 0. The molecule has 0 fully saturated rings. The van der Waals surface area contributed by atoms with Gasteiger partial charge in [-0.3, -0.25) is 0 Å². The molecule has 0 radical (unpaired) electrons. The fourth-order valence-corrected chi connectivity index (χ4v) is 0. The van der Waals surface area contributed by atoms with Crippen molar-refractivity contribution in [2.75, 3.05) is 0 Å². The molecule has 0 bridgehead atoms. The minimum Gasteiger partial charge on any atom is -0.193 e. The van der Waals surface area contributed by atoms with Gasteiger partial charge in [-0.2, -0.15) is 20.5 Å². The van der Waals surface area contributed by atoms with Crippen LogP contribution in [0, 0.1) is 0 Å². The van der Waals surface area contributed by atoms with Crippen molar-refractivity contribution in [3.05, 3.63) is 0 Å². The van der Waals surface area contributed by atoms with Gasteiger partial charge in [0.2, 0.25) is 0 Å². The summed E-state index contributed by atoms with van der Waals surface area (Å²) in [6, 6.07) is 0. The first-order valence-electron chi connectivity index (χ1n) is 2.12. The zero-order valence-electron chi connectivity index (χ0n) is 4.71. The molecule has 2 heteroatoms. The Kier molecular flexibility index (Phi) is 11.2. The molecule has 0 aliphatic heterocycles. The van der Waals surface area contributed by atoms with E-state index >= 15 is 0 Å². The van der Waals surface area contributed by atoms with E-state index < -0.39 is 0 Å². The largest absolute Gasteiger partial charge is 1.00 e. The van der Waals surface area contributed by atoms with Crippen molar-refractivity contribution in [1.82, 2.24) is 0 Å². The summed E-state index contributed by atoms with van der Waals surface area (Å²) in [5.41, 5.74) is 0. The Bertz CT molecular complexity index is 11.6. The van der Waals surface area contributed by atoms with Crippen LogP contribution in [0.2, 0.25) is 20.5 Å². The van der Waals surface area contributed by atoms with Crippen LogP contribution in [0.25, 0.3) is 0 Å². The van der Waals surface area contributed by atoms with E-state index in [1.807, 2.05) is 0 Å². The second-order valence-corrected chi connectivity index (χ2v) is 2.12. The molecule has 0 rings (SSSR count). The van der Waals surface area contributed by atoms with Crippen LogP contribution < -0.4 is 51.4 Å². The first kappa shape index (κ1) is 9.86. The van der Waals surface area contributed by atoms with Crippen LogP contribution in [0.15, 0.2) is 0 Å². The molecule has 0 saturated heterocycles. The van der Waals surface area contributed by atoms with Gasteiger partial charge in [-0.05, 0) is 6.71 Å². The van der Waals surface area contributed by atoms with Crippen LogP contribution in [0.4, 0.5) is 0 Å². The van der Waals surface area contributed by atoms with E-state index in [4.69, 9.17) is 0 Å². The van der Waals surface area contributed by atoms with Gasteiger partial charge in [0, 0.05) is 0 Å². The van der Waals surface area contributed by atoms with Gasteiger partial charge in [-0.25, -0.2) is 0 Å². The van der Waals surface area contributed by atoms with Crippen molar-refractivity contribution in [3.63, 3.8) is 0 Å². The van der Waals surface area contributed by atoms with Crippen molar-refractivity contribution in [2.24, 2.45) is 0 Å². The van der Waals surface area contributed by atoms with E-state index in [2.05, 4.69) is 20.5 Å². The molecule has 0 heterocycles. The van der Waals surface area contributed by atoms with Crippen molar-refractivity contribution in [3.8, 4) is 0 Å². The maximum Gasteiger partial charge on any atom is 1.00 e. The standard InChI is InChI=1S/C3H10B.K/c1-4(2)3;/h4H,1-3H3;/q-1;+1. The number of hydrogen-bond acceptors (Lipinski definition) is 0. The Morgan fingerprint density at radius 1 is 1.00 bits per heavy atom. The Morgan fingerprint density at radius 2 is 1.00 bits per heavy atom. The van der Waals surface area contributed by atoms with Gasteiger partial charge in [0.15, 0.2) is 0 Å². The normalized spacial score (nSPS) is 7.20. The average molecular weight is 96.0 g/mol. The van der Waals surface area contributed by atoms with Crippen molar-refractivity contribution in [2.45, 2.75) is 20.5 Å². The Hall–Kier alpha value is 1.70. The molecule has 0 N–H and O–H groups in total. The summed E-state index contributed by atoms with van der Waals surface area (Å²) in [4.78, 5) is 0. The Balaban J connectivity index is 0. The predicted octanol–water partition coefficient (Wildman–Crippen LogP) is -1.89. The van der Waals surface area contributed by atoms with Gasteiger partial charge in [0.25, 0.3) is 0 Å². The monoisotopic (exact) mass is 96.1 g/mol. The van der Waals surface area contributed by atoms with Gasteiger partial charge in [0.05, 0.1) is 0 Å². The maximum atomic E-state index is 2.25. The van der Waals surface area contributed by atoms with E-state index in [9.17, 15) is 0 Å². The summed E-state index contributed by atoms with van der Waals surface area (Å²) in [7, 11) is 0. The fourth-order valence-electron chi connectivity index (χ4n) is 0. The predicted molar refractivity (Wildman–Crippen MR) is 24.7 cm³/mol. The second kappa shape index (κ2) is 5.70. The smallest absolute Gasteiger partial charge is 0.193 e. The Labute approximate surface area is 77.2 Å². The molecule has 26 valence electrons. The maximum absolute atomic E-state index is 2.25. The molecule has 0 aliphatic rings. The van der Waals surface area contributed by atoms with E-state index in [1.165, 1.54) is 0 Å². The summed E-state index contributed by atoms with van der Waals surface area (Å²) < 4.78 is 0. The molecule has 0 aliphatic carbocycles. The summed E-state index contributed by atoms with van der Waals surface area (Å²) in [6.45, 7) is 7.00.